The van der Waals surface area contributed by atoms with E-state index in [0.717, 1.165) is 33.5 Å². The maximum absolute atomic E-state index is 6.26. The summed E-state index contributed by atoms with van der Waals surface area (Å²) in [5.74, 6) is 0.792. The Balaban J connectivity index is 2.22. The van der Waals surface area contributed by atoms with Crippen molar-refractivity contribution < 1.29 is 4.74 Å². The Labute approximate surface area is 127 Å². The highest BCUT2D eigenvalue weighted by Crippen LogP contribution is 2.44. The van der Waals surface area contributed by atoms with E-state index in [9.17, 15) is 0 Å². The van der Waals surface area contributed by atoms with Crippen molar-refractivity contribution in [2.75, 3.05) is 0 Å². The van der Waals surface area contributed by atoms with Gasteiger partial charge in [0.1, 0.15) is 11.4 Å². The lowest BCUT2D eigenvalue weighted by molar-refractivity contribution is 0.112. The number of ether oxygens (including phenoxy) is 1. The fourth-order valence-corrected chi connectivity index (χ4v) is 3.12. The van der Waals surface area contributed by atoms with Crippen LogP contribution >= 0.6 is 11.6 Å². The van der Waals surface area contributed by atoms with Crippen molar-refractivity contribution in [2.45, 2.75) is 19.4 Å². The highest BCUT2D eigenvalue weighted by Gasteiger charge is 2.31. The van der Waals surface area contributed by atoms with Crippen LogP contribution < -0.4 is 4.74 Å². The Morgan fingerprint density at radius 3 is 2.67 bits per heavy atom. The molecule has 3 nitrogen and oxygen atoms in total. The van der Waals surface area contributed by atoms with E-state index in [1.807, 2.05) is 30.3 Å². The highest BCUT2D eigenvalue weighted by molar-refractivity contribution is 6.29. The van der Waals surface area contributed by atoms with Crippen molar-refractivity contribution in [1.29, 1.82) is 0 Å². The first-order chi connectivity index (χ1) is 10.1. The monoisotopic (exact) mass is 296 g/mol. The smallest absolute Gasteiger partial charge is 0.223 e. The molecule has 0 atom stereocenters. The van der Waals surface area contributed by atoms with Crippen LogP contribution in [0.4, 0.5) is 0 Å². The predicted octanol–water partition coefficient (Wildman–Crippen LogP) is 4.58. The third-order valence-corrected chi connectivity index (χ3v) is 4.02. The van der Waals surface area contributed by atoms with Gasteiger partial charge in [-0.15, -0.1) is 0 Å². The summed E-state index contributed by atoms with van der Waals surface area (Å²) in [5.41, 5.74) is 3.33. The maximum Gasteiger partial charge on any atom is 0.223 e. The van der Waals surface area contributed by atoms with E-state index in [0.29, 0.717) is 0 Å². The van der Waals surface area contributed by atoms with Crippen molar-refractivity contribution in [3.63, 3.8) is 0 Å². The van der Waals surface area contributed by atoms with Gasteiger partial charge < -0.3 is 4.74 Å². The second-order valence-corrected chi connectivity index (χ2v) is 5.99. The van der Waals surface area contributed by atoms with Gasteiger partial charge in [0.25, 0.3) is 0 Å². The van der Waals surface area contributed by atoms with Crippen molar-refractivity contribution in [3.05, 3.63) is 53.3 Å². The Kier molecular flexibility index (Phi) is 2.51. The lowest BCUT2D eigenvalue weighted by Crippen LogP contribution is -2.25. The number of rotatable bonds is 0. The van der Waals surface area contributed by atoms with Gasteiger partial charge in [-0.2, -0.15) is 0 Å². The lowest BCUT2D eigenvalue weighted by Gasteiger charge is -2.26. The summed E-state index contributed by atoms with van der Waals surface area (Å²) in [6.07, 6.45) is 0. The molecule has 1 aliphatic heterocycles. The number of benzene rings is 2. The first kappa shape index (κ1) is 12.6. The summed E-state index contributed by atoms with van der Waals surface area (Å²) in [6, 6.07) is 14.0. The Morgan fingerprint density at radius 2 is 1.81 bits per heavy atom. The molecule has 0 radical (unpaired) electrons. The van der Waals surface area contributed by atoms with E-state index in [1.165, 1.54) is 0 Å². The van der Waals surface area contributed by atoms with Crippen LogP contribution in [0.25, 0.3) is 22.2 Å². The molecule has 0 N–H and O–H groups in total. The van der Waals surface area contributed by atoms with Gasteiger partial charge in [-0.1, -0.05) is 30.3 Å². The molecule has 1 aromatic heterocycles. The minimum absolute atomic E-state index is 0.254. The molecule has 1 aliphatic rings. The first-order valence-corrected chi connectivity index (χ1v) is 7.19. The zero-order valence-corrected chi connectivity index (χ0v) is 12.5. The van der Waals surface area contributed by atoms with Crippen molar-refractivity contribution in [3.8, 4) is 17.0 Å². The average molecular weight is 297 g/mol. The molecule has 3 aromatic rings. The number of hydrogen-bond donors (Lipinski definition) is 0. The molecular formula is C17H13ClN2O. The van der Waals surface area contributed by atoms with Gasteiger partial charge >= 0.3 is 0 Å². The molecule has 0 bridgehead atoms. The summed E-state index contributed by atoms with van der Waals surface area (Å²) in [4.78, 5) is 8.79. The van der Waals surface area contributed by atoms with Crippen LogP contribution in [0.3, 0.4) is 0 Å². The fraction of sp³-hybridized carbons (Fsp3) is 0.176. The summed E-state index contributed by atoms with van der Waals surface area (Å²) in [7, 11) is 0. The molecule has 2 heterocycles. The molecule has 0 saturated heterocycles. The zero-order valence-electron chi connectivity index (χ0n) is 11.7. The van der Waals surface area contributed by atoms with Crippen molar-refractivity contribution >= 4 is 22.5 Å². The van der Waals surface area contributed by atoms with E-state index >= 15 is 0 Å². The maximum atomic E-state index is 6.26. The topological polar surface area (TPSA) is 35.0 Å². The van der Waals surface area contributed by atoms with Gasteiger partial charge in [0.15, 0.2) is 0 Å². The number of aromatic nitrogens is 2. The molecule has 2 aromatic carbocycles. The molecular weight excluding hydrogens is 284 g/mol. The predicted molar refractivity (Wildman–Crippen MR) is 83.6 cm³/mol. The third-order valence-electron chi connectivity index (χ3n) is 3.85. The fourth-order valence-electron chi connectivity index (χ4n) is 2.95. The van der Waals surface area contributed by atoms with Gasteiger partial charge in [0, 0.05) is 11.1 Å². The number of halogens is 1. The molecule has 0 fully saturated rings. The van der Waals surface area contributed by atoms with Crippen LogP contribution in [0.15, 0.2) is 42.5 Å². The molecule has 0 spiro atoms. The molecule has 4 rings (SSSR count). The minimum atomic E-state index is -0.446. The SMILES string of the molecule is CC1(C)Oc2cccc3nc(Cl)nc(c23)-c2ccccc21. The highest BCUT2D eigenvalue weighted by atomic mass is 35.5. The van der Waals surface area contributed by atoms with Crippen LogP contribution in [0.2, 0.25) is 5.28 Å². The molecule has 0 unspecified atom stereocenters. The normalized spacial score (nSPS) is 15.2. The third kappa shape index (κ3) is 1.81. The van der Waals surface area contributed by atoms with Crippen LogP contribution in [-0.2, 0) is 5.60 Å². The Bertz CT molecular complexity index is 874. The quantitative estimate of drug-likeness (QED) is 0.570. The number of hydrogen-bond acceptors (Lipinski definition) is 3. The molecule has 0 aliphatic carbocycles. The van der Waals surface area contributed by atoms with Gasteiger partial charge in [-0.3, -0.25) is 0 Å². The van der Waals surface area contributed by atoms with Crippen LogP contribution in [-0.4, -0.2) is 9.97 Å². The Morgan fingerprint density at radius 1 is 1.00 bits per heavy atom. The molecule has 0 saturated carbocycles. The number of fused-ring (bicyclic) bond motifs is 2. The summed E-state index contributed by atoms with van der Waals surface area (Å²) >= 11 is 6.11. The van der Waals surface area contributed by atoms with E-state index in [-0.39, 0.29) is 5.28 Å². The van der Waals surface area contributed by atoms with Crippen LogP contribution in [0, 0.1) is 0 Å². The second-order valence-electron chi connectivity index (χ2n) is 5.65. The largest absolute Gasteiger partial charge is 0.482 e. The van der Waals surface area contributed by atoms with Gasteiger partial charge in [0.05, 0.1) is 16.6 Å². The standard InChI is InChI=1S/C17H13ClN2O/c1-17(2)11-7-4-3-6-10(11)15-14-12(19-16(18)20-15)8-5-9-13(14)21-17/h3-9H,1-2H3. The minimum Gasteiger partial charge on any atom is -0.482 e. The van der Waals surface area contributed by atoms with Crippen LogP contribution in [0.5, 0.6) is 5.75 Å². The first-order valence-electron chi connectivity index (χ1n) is 6.81. The van der Waals surface area contributed by atoms with Gasteiger partial charge in [-0.25, -0.2) is 9.97 Å². The summed E-state index contributed by atoms with van der Waals surface area (Å²) in [5, 5.41) is 1.17. The van der Waals surface area contributed by atoms with E-state index in [4.69, 9.17) is 16.3 Å². The second kappa shape index (κ2) is 4.18. The molecule has 21 heavy (non-hydrogen) atoms. The lowest BCUT2D eigenvalue weighted by atomic mass is 9.91. The summed E-state index contributed by atoms with van der Waals surface area (Å²) < 4.78 is 6.26. The molecule has 4 heteroatoms. The molecule has 0 amide bonds. The average Bonchev–Trinajstić information content (AvgIpc) is 2.54. The summed E-state index contributed by atoms with van der Waals surface area (Å²) in [6.45, 7) is 4.12. The Hall–Kier alpha value is -2.13. The van der Waals surface area contributed by atoms with Crippen molar-refractivity contribution in [1.82, 2.24) is 9.97 Å². The number of nitrogens with zero attached hydrogens (tertiary/aromatic N) is 2. The van der Waals surface area contributed by atoms with Crippen molar-refractivity contribution in [2.24, 2.45) is 0 Å². The van der Waals surface area contributed by atoms with Gasteiger partial charge in [-0.05, 0) is 37.6 Å². The zero-order chi connectivity index (χ0) is 14.6. The molecule has 104 valence electrons. The van der Waals surface area contributed by atoms with Crippen LogP contribution in [0.1, 0.15) is 19.4 Å². The van der Waals surface area contributed by atoms with E-state index in [2.05, 4.69) is 35.9 Å². The van der Waals surface area contributed by atoms with E-state index < -0.39 is 5.60 Å². The van der Waals surface area contributed by atoms with E-state index in [1.54, 1.807) is 0 Å². The van der Waals surface area contributed by atoms with Gasteiger partial charge in [0.2, 0.25) is 5.28 Å².